The Morgan fingerprint density at radius 2 is 2.15 bits per heavy atom. The Balaban J connectivity index is 2.46. The van der Waals surface area contributed by atoms with Crippen LogP contribution in [0.2, 0.25) is 0 Å². The maximum absolute atomic E-state index is 8.84. The van der Waals surface area contributed by atoms with Gasteiger partial charge in [-0.15, -0.1) is 0 Å². The van der Waals surface area contributed by atoms with Crippen LogP contribution in [0.25, 0.3) is 5.65 Å². The van der Waals surface area contributed by atoms with Crippen LogP contribution in [0, 0.1) is 0 Å². The van der Waals surface area contributed by atoms with E-state index in [2.05, 4.69) is 5.10 Å². The quantitative estimate of drug-likeness (QED) is 0.678. The molecule has 5 nitrogen and oxygen atoms in total. The van der Waals surface area contributed by atoms with Gasteiger partial charge in [0.15, 0.2) is 0 Å². The third-order valence-corrected chi connectivity index (χ3v) is 1.95. The molecule has 0 saturated carbocycles. The van der Waals surface area contributed by atoms with Crippen LogP contribution in [0.5, 0.6) is 0 Å². The molecule has 2 heterocycles. The van der Waals surface area contributed by atoms with Gasteiger partial charge in [-0.3, -0.25) is 0 Å². The van der Waals surface area contributed by atoms with Crippen LogP contribution in [0.3, 0.4) is 0 Å². The van der Waals surface area contributed by atoms with Gasteiger partial charge in [0.25, 0.3) is 0 Å². The lowest BCUT2D eigenvalue weighted by atomic mass is 10.4. The number of nitrogens with zero attached hydrogens (tertiary/aromatic N) is 3. The summed E-state index contributed by atoms with van der Waals surface area (Å²) in [5.41, 5.74) is 1.53. The Hall–Kier alpha value is -1.33. The van der Waals surface area contributed by atoms with E-state index < -0.39 is 0 Å². The highest BCUT2D eigenvalue weighted by Gasteiger charge is 2.04. The summed E-state index contributed by atoms with van der Waals surface area (Å²) in [6, 6.07) is 1.80. The van der Waals surface area contributed by atoms with Crippen LogP contribution in [0.1, 0.15) is 5.69 Å². The molecular weight excluding hydrogens is 170 g/mol. The molecule has 0 saturated heterocycles. The van der Waals surface area contributed by atoms with Crippen molar-refractivity contribution >= 4 is 5.65 Å². The molecule has 0 aliphatic heterocycles. The van der Waals surface area contributed by atoms with E-state index in [0.29, 0.717) is 12.2 Å². The topological polar surface area (TPSA) is 62.7 Å². The number of fused-ring (bicyclic) bond motifs is 1. The van der Waals surface area contributed by atoms with Gasteiger partial charge in [-0.05, 0) is 0 Å². The smallest absolute Gasteiger partial charge is 0.136 e. The van der Waals surface area contributed by atoms with E-state index in [1.165, 1.54) is 0 Å². The van der Waals surface area contributed by atoms with Gasteiger partial charge >= 0.3 is 0 Å². The maximum Gasteiger partial charge on any atom is 0.136 e. The first-order chi connectivity index (χ1) is 6.35. The maximum atomic E-state index is 8.84. The summed E-state index contributed by atoms with van der Waals surface area (Å²) in [5, 5.41) is 21.7. The minimum atomic E-state index is -0.0548. The Labute approximate surface area is 74.8 Å². The van der Waals surface area contributed by atoms with Crippen molar-refractivity contribution in [3.8, 4) is 0 Å². The largest absolute Gasteiger partial charge is 0.395 e. The van der Waals surface area contributed by atoms with Gasteiger partial charge in [0, 0.05) is 25.0 Å². The fourth-order valence-corrected chi connectivity index (χ4v) is 1.35. The molecule has 0 bridgehead atoms. The van der Waals surface area contributed by atoms with Gasteiger partial charge in [-0.2, -0.15) is 5.10 Å². The molecule has 0 amide bonds. The van der Waals surface area contributed by atoms with E-state index in [1.54, 1.807) is 16.8 Å². The Morgan fingerprint density at radius 1 is 1.31 bits per heavy atom. The van der Waals surface area contributed by atoms with E-state index in [1.807, 2.05) is 10.8 Å². The van der Waals surface area contributed by atoms with Crippen LogP contribution >= 0.6 is 0 Å². The third kappa shape index (κ3) is 1.32. The van der Waals surface area contributed by atoms with E-state index in [0.717, 1.165) is 5.65 Å². The standard InChI is InChI=1S/C8H11N3O2/c12-4-3-10-1-2-11-8(10)5-7(6-13)9-11/h1-2,5,12-13H,3-4,6H2. The minimum Gasteiger partial charge on any atom is -0.395 e. The molecular formula is C8H11N3O2. The molecule has 0 aromatic carbocycles. The average Bonchev–Trinajstić information content (AvgIpc) is 2.67. The lowest BCUT2D eigenvalue weighted by Crippen LogP contribution is -1.99. The SMILES string of the molecule is OCCn1ccn2nc(CO)cc12. The van der Waals surface area contributed by atoms with Gasteiger partial charge in [-0.1, -0.05) is 0 Å². The van der Waals surface area contributed by atoms with Crippen molar-refractivity contribution in [3.05, 3.63) is 24.2 Å². The van der Waals surface area contributed by atoms with Crippen molar-refractivity contribution in [1.29, 1.82) is 0 Å². The van der Waals surface area contributed by atoms with Crippen LogP contribution in [0.4, 0.5) is 0 Å². The summed E-state index contributed by atoms with van der Waals surface area (Å²) in [5.74, 6) is 0. The summed E-state index contributed by atoms with van der Waals surface area (Å²) < 4.78 is 3.56. The van der Waals surface area contributed by atoms with Crippen molar-refractivity contribution < 1.29 is 10.2 Å². The second-order valence-corrected chi connectivity index (χ2v) is 2.81. The number of imidazole rings is 1. The molecule has 0 spiro atoms. The van der Waals surface area contributed by atoms with E-state index in [-0.39, 0.29) is 13.2 Å². The molecule has 2 rings (SSSR count). The fraction of sp³-hybridized carbons (Fsp3) is 0.375. The van der Waals surface area contributed by atoms with Gasteiger partial charge < -0.3 is 14.8 Å². The first-order valence-corrected chi connectivity index (χ1v) is 4.10. The molecule has 13 heavy (non-hydrogen) atoms. The summed E-state index contributed by atoms with van der Waals surface area (Å²) in [7, 11) is 0. The number of hydrogen-bond donors (Lipinski definition) is 2. The molecule has 0 atom stereocenters. The molecule has 0 unspecified atom stereocenters. The molecule has 70 valence electrons. The number of aromatic nitrogens is 3. The van der Waals surface area contributed by atoms with Gasteiger partial charge in [0.1, 0.15) is 5.65 Å². The minimum absolute atomic E-state index is 0.0548. The molecule has 5 heteroatoms. The predicted octanol–water partition coefficient (Wildman–Crippen LogP) is -0.380. The third-order valence-electron chi connectivity index (χ3n) is 1.95. The second kappa shape index (κ2) is 3.20. The molecule has 2 aromatic rings. The van der Waals surface area contributed by atoms with E-state index >= 15 is 0 Å². The van der Waals surface area contributed by atoms with Crippen molar-refractivity contribution in [2.24, 2.45) is 0 Å². The first kappa shape index (κ1) is 8.28. The van der Waals surface area contributed by atoms with E-state index in [4.69, 9.17) is 10.2 Å². The zero-order chi connectivity index (χ0) is 9.26. The van der Waals surface area contributed by atoms with Gasteiger partial charge in [-0.25, -0.2) is 4.52 Å². The van der Waals surface area contributed by atoms with Crippen molar-refractivity contribution in [2.45, 2.75) is 13.2 Å². The molecule has 0 aliphatic carbocycles. The monoisotopic (exact) mass is 181 g/mol. The Kier molecular flexibility index (Phi) is 2.03. The molecule has 2 N–H and O–H groups in total. The fourth-order valence-electron chi connectivity index (χ4n) is 1.35. The predicted molar refractivity (Wildman–Crippen MR) is 46.2 cm³/mol. The highest BCUT2D eigenvalue weighted by molar-refractivity contribution is 5.40. The molecule has 2 aromatic heterocycles. The van der Waals surface area contributed by atoms with Crippen LogP contribution in [-0.4, -0.2) is 31.0 Å². The van der Waals surface area contributed by atoms with Gasteiger partial charge in [0.2, 0.25) is 0 Å². The molecule has 0 aliphatic rings. The van der Waals surface area contributed by atoms with Crippen LogP contribution in [-0.2, 0) is 13.2 Å². The number of hydrogen-bond acceptors (Lipinski definition) is 3. The normalized spacial score (nSPS) is 11.2. The highest BCUT2D eigenvalue weighted by Crippen LogP contribution is 2.07. The Bertz CT molecular complexity index is 404. The zero-order valence-electron chi connectivity index (χ0n) is 7.09. The highest BCUT2D eigenvalue weighted by atomic mass is 16.3. The van der Waals surface area contributed by atoms with Crippen LogP contribution in [0.15, 0.2) is 18.5 Å². The van der Waals surface area contributed by atoms with Crippen molar-refractivity contribution in [1.82, 2.24) is 14.2 Å². The summed E-state index contributed by atoms with van der Waals surface area (Å²) >= 11 is 0. The zero-order valence-corrected chi connectivity index (χ0v) is 7.09. The average molecular weight is 181 g/mol. The number of aliphatic hydroxyl groups is 2. The van der Waals surface area contributed by atoms with Crippen LogP contribution < -0.4 is 0 Å². The second-order valence-electron chi connectivity index (χ2n) is 2.81. The van der Waals surface area contributed by atoms with E-state index in [9.17, 15) is 0 Å². The first-order valence-electron chi connectivity index (χ1n) is 4.10. The molecule has 0 fully saturated rings. The summed E-state index contributed by atoms with van der Waals surface area (Å²) in [6.07, 6.45) is 3.64. The summed E-state index contributed by atoms with van der Waals surface area (Å²) in [6.45, 7) is 0.595. The Morgan fingerprint density at radius 3 is 2.85 bits per heavy atom. The molecule has 0 radical (unpaired) electrons. The summed E-state index contributed by atoms with van der Waals surface area (Å²) in [4.78, 5) is 0. The van der Waals surface area contributed by atoms with Crippen molar-refractivity contribution in [2.75, 3.05) is 6.61 Å². The van der Waals surface area contributed by atoms with Gasteiger partial charge in [0.05, 0.1) is 18.9 Å². The van der Waals surface area contributed by atoms with Crippen molar-refractivity contribution in [3.63, 3.8) is 0 Å². The number of rotatable bonds is 3. The lowest BCUT2D eigenvalue weighted by molar-refractivity contribution is 0.276. The number of aliphatic hydroxyl groups excluding tert-OH is 2. The lowest BCUT2D eigenvalue weighted by Gasteiger charge is -1.97.